The van der Waals surface area contributed by atoms with E-state index in [1.54, 1.807) is 47.2 Å². The molecule has 2 aromatic carbocycles. The summed E-state index contributed by atoms with van der Waals surface area (Å²) in [4.78, 5) is 47.9. The number of likely N-dealkylation sites (N-methyl/N-ethyl adjacent to an activating group) is 1. The summed E-state index contributed by atoms with van der Waals surface area (Å²) in [6.45, 7) is 3.47. The average Bonchev–Trinajstić information content (AvgIpc) is 3.31. The van der Waals surface area contributed by atoms with Crippen LogP contribution < -0.4 is 4.74 Å². The van der Waals surface area contributed by atoms with Crippen LogP contribution in [0.3, 0.4) is 0 Å². The van der Waals surface area contributed by atoms with Crippen LogP contribution in [0.15, 0.2) is 48.5 Å². The smallest absolute Gasteiger partial charge is 0.256 e. The molecule has 3 aliphatic heterocycles. The number of carbonyl (C=O) groups excluding carboxylic acids is 3. The first kappa shape index (κ1) is 26.1. The molecule has 0 radical (unpaired) electrons. The molecule has 1 atom stereocenters. The minimum Gasteiger partial charge on any atom is -0.497 e. The van der Waals surface area contributed by atoms with Crippen LogP contribution in [0.4, 0.5) is 4.39 Å². The predicted octanol–water partition coefficient (Wildman–Crippen LogP) is 2.08. The molecule has 2 aromatic rings. The first-order valence-electron chi connectivity index (χ1n) is 13.0. The van der Waals surface area contributed by atoms with Crippen LogP contribution in [0.25, 0.3) is 0 Å². The van der Waals surface area contributed by atoms with Crippen LogP contribution in [-0.4, -0.2) is 109 Å². The maximum Gasteiger partial charge on any atom is 0.256 e. The van der Waals surface area contributed by atoms with Crippen molar-refractivity contribution >= 4 is 17.7 Å². The number of hydrogen-bond donors (Lipinski definition) is 0. The van der Waals surface area contributed by atoms with E-state index in [2.05, 4.69) is 4.90 Å². The third kappa shape index (κ3) is 4.98. The van der Waals surface area contributed by atoms with E-state index in [0.717, 1.165) is 13.1 Å². The molecule has 0 aromatic heterocycles. The van der Waals surface area contributed by atoms with Crippen molar-refractivity contribution in [1.82, 2.24) is 19.6 Å². The number of rotatable bonds is 4. The highest BCUT2D eigenvalue weighted by atomic mass is 19.1. The second-order valence-corrected chi connectivity index (χ2v) is 10.1. The number of benzene rings is 2. The zero-order chi connectivity index (χ0) is 26.9. The van der Waals surface area contributed by atoms with Crippen molar-refractivity contribution in [3.63, 3.8) is 0 Å². The van der Waals surface area contributed by atoms with Gasteiger partial charge in [-0.3, -0.25) is 19.3 Å². The fraction of sp³-hybridized carbons (Fsp3) is 0.464. The summed E-state index contributed by atoms with van der Waals surface area (Å²) in [5.74, 6) is -0.513. The molecule has 3 saturated heterocycles. The van der Waals surface area contributed by atoms with Gasteiger partial charge in [-0.15, -0.1) is 0 Å². The number of methoxy groups -OCH3 is 1. The van der Waals surface area contributed by atoms with E-state index in [1.807, 2.05) is 11.9 Å². The lowest BCUT2D eigenvalue weighted by atomic mass is 9.96. The molecule has 202 valence electrons. The van der Waals surface area contributed by atoms with Crippen molar-refractivity contribution < 1.29 is 28.2 Å². The summed E-state index contributed by atoms with van der Waals surface area (Å²) in [6.07, 6.45) is 0.699. The van der Waals surface area contributed by atoms with Gasteiger partial charge in [0.15, 0.2) is 0 Å². The summed E-state index contributed by atoms with van der Waals surface area (Å²) in [7, 11) is 3.58. The standard InChI is InChI=1S/C28H33FN4O5/c1-30-14-16-32(17-15-30)27(36)24-19-38-28(33(24)26(35)20-6-8-23(37-2)9-7-20)10-12-31(13-11-28)25(34)21-4-3-5-22(29)18-21/h3-9,18,24H,10-17,19H2,1-2H3. The monoisotopic (exact) mass is 524 g/mol. The quantitative estimate of drug-likeness (QED) is 0.609. The number of nitrogens with zero attached hydrogens (tertiary/aromatic N) is 4. The van der Waals surface area contributed by atoms with Crippen molar-refractivity contribution in [3.05, 3.63) is 65.5 Å². The molecule has 1 spiro atoms. The first-order chi connectivity index (χ1) is 18.3. The van der Waals surface area contributed by atoms with Gasteiger partial charge in [-0.25, -0.2) is 4.39 Å². The van der Waals surface area contributed by atoms with E-state index in [-0.39, 0.29) is 29.9 Å². The second kappa shape index (κ2) is 10.7. The van der Waals surface area contributed by atoms with Gasteiger partial charge in [0.05, 0.1) is 13.7 Å². The Balaban J connectivity index is 1.39. The number of piperidine rings is 1. The van der Waals surface area contributed by atoms with Crippen LogP contribution in [0.1, 0.15) is 33.6 Å². The van der Waals surface area contributed by atoms with Gasteiger partial charge < -0.3 is 24.2 Å². The van der Waals surface area contributed by atoms with Gasteiger partial charge in [-0.05, 0) is 49.5 Å². The molecule has 10 heteroatoms. The number of piperazine rings is 1. The third-order valence-electron chi connectivity index (χ3n) is 7.82. The molecule has 1 unspecified atom stereocenters. The molecule has 9 nitrogen and oxygen atoms in total. The van der Waals surface area contributed by atoms with E-state index in [4.69, 9.17) is 9.47 Å². The summed E-state index contributed by atoms with van der Waals surface area (Å²) in [5.41, 5.74) is -0.296. The topological polar surface area (TPSA) is 82.6 Å². The van der Waals surface area contributed by atoms with Crippen molar-refractivity contribution in [1.29, 1.82) is 0 Å². The fourth-order valence-corrected chi connectivity index (χ4v) is 5.53. The molecule has 3 heterocycles. The van der Waals surface area contributed by atoms with Crippen LogP contribution >= 0.6 is 0 Å². The number of hydrogen-bond acceptors (Lipinski definition) is 6. The first-order valence-corrected chi connectivity index (χ1v) is 13.0. The van der Waals surface area contributed by atoms with Crippen molar-refractivity contribution in [2.75, 3.05) is 60.0 Å². The van der Waals surface area contributed by atoms with Gasteiger partial charge in [0, 0.05) is 63.2 Å². The molecule has 0 aliphatic carbocycles. The number of ether oxygens (including phenoxy) is 2. The predicted molar refractivity (Wildman–Crippen MR) is 137 cm³/mol. The Morgan fingerprint density at radius 1 is 0.895 bits per heavy atom. The maximum absolute atomic E-state index is 13.9. The van der Waals surface area contributed by atoms with Crippen LogP contribution in [0.2, 0.25) is 0 Å². The van der Waals surface area contributed by atoms with E-state index in [1.165, 1.54) is 18.2 Å². The highest BCUT2D eigenvalue weighted by molar-refractivity contribution is 5.99. The summed E-state index contributed by atoms with van der Waals surface area (Å²) < 4.78 is 25.2. The lowest BCUT2D eigenvalue weighted by Crippen LogP contribution is -2.61. The minimum atomic E-state index is -1.01. The Morgan fingerprint density at radius 2 is 1.58 bits per heavy atom. The van der Waals surface area contributed by atoms with Gasteiger partial charge in [0.1, 0.15) is 23.3 Å². The van der Waals surface area contributed by atoms with Gasteiger partial charge in [-0.1, -0.05) is 6.07 Å². The van der Waals surface area contributed by atoms with E-state index in [0.29, 0.717) is 50.3 Å². The molecule has 0 bridgehead atoms. The van der Waals surface area contributed by atoms with E-state index < -0.39 is 17.6 Å². The van der Waals surface area contributed by atoms with Crippen LogP contribution in [-0.2, 0) is 9.53 Å². The number of halogens is 1. The minimum absolute atomic E-state index is 0.102. The Hall–Kier alpha value is -3.50. The highest BCUT2D eigenvalue weighted by Gasteiger charge is 2.55. The Bertz CT molecular complexity index is 1190. The lowest BCUT2D eigenvalue weighted by molar-refractivity contribution is -0.139. The Labute approximate surface area is 221 Å². The van der Waals surface area contributed by atoms with Gasteiger partial charge >= 0.3 is 0 Å². The molecule has 0 saturated carbocycles. The molecular weight excluding hydrogens is 491 g/mol. The Kier molecular flexibility index (Phi) is 7.36. The summed E-state index contributed by atoms with van der Waals surface area (Å²) in [6, 6.07) is 11.7. The van der Waals surface area contributed by atoms with Gasteiger partial charge in [0.25, 0.3) is 11.8 Å². The molecule has 3 fully saturated rings. The lowest BCUT2D eigenvalue weighted by Gasteiger charge is -2.45. The molecule has 3 aliphatic rings. The molecular formula is C28H33FN4O5. The fourth-order valence-electron chi connectivity index (χ4n) is 5.53. The highest BCUT2D eigenvalue weighted by Crippen LogP contribution is 2.39. The zero-order valence-electron chi connectivity index (χ0n) is 21.8. The van der Waals surface area contributed by atoms with Crippen LogP contribution in [0, 0.1) is 5.82 Å². The largest absolute Gasteiger partial charge is 0.497 e. The van der Waals surface area contributed by atoms with E-state index >= 15 is 0 Å². The SMILES string of the molecule is COc1ccc(C(=O)N2C(C(=O)N3CCN(C)CC3)COC23CCN(C(=O)c2cccc(F)c2)CC3)cc1. The van der Waals surface area contributed by atoms with Gasteiger partial charge in [0.2, 0.25) is 5.91 Å². The second-order valence-electron chi connectivity index (χ2n) is 10.1. The summed E-state index contributed by atoms with van der Waals surface area (Å²) >= 11 is 0. The normalized spacial score (nSPS) is 21.6. The zero-order valence-corrected chi connectivity index (χ0v) is 21.8. The molecule has 3 amide bonds. The third-order valence-corrected chi connectivity index (χ3v) is 7.82. The van der Waals surface area contributed by atoms with Crippen molar-refractivity contribution in [2.24, 2.45) is 0 Å². The number of amides is 3. The molecule has 5 rings (SSSR count). The Morgan fingerprint density at radius 3 is 2.21 bits per heavy atom. The van der Waals surface area contributed by atoms with Crippen LogP contribution in [0.5, 0.6) is 5.75 Å². The number of likely N-dealkylation sites (tertiary alicyclic amines) is 1. The average molecular weight is 525 g/mol. The molecule has 38 heavy (non-hydrogen) atoms. The maximum atomic E-state index is 13.9. The van der Waals surface area contributed by atoms with Crippen molar-refractivity contribution in [2.45, 2.75) is 24.6 Å². The van der Waals surface area contributed by atoms with E-state index in [9.17, 15) is 18.8 Å². The summed E-state index contributed by atoms with van der Waals surface area (Å²) in [5, 5.41) is 0. The van der Waals surface area contributed by atoms with Gasteiger partial charge in [-0.2, -0.15) is 0 Å². The number of carbonyl (C=O) groups is 3. The van der Waals surface area contributed by atoms with Crippen molar-refractivity contribution in [3.8, 4) is 5.75 Å². The molecule has 0 N–H and O–H groups in total.